The summed E-state index contributed by atoms with van der Waals surface area (Å²) in [5, 5.41) is 0. The molecule has 0 saturated heterocycles. The van der Waals surface area contributed by atoms with E-state index in [4.69, 9.17) is 17.2 Å². The molecule has 1 aromatic rings. The maximum absolute atomic E-state index is 4.93. The standard InChI is InChI=1S/C6H6N4OS/c1-3-2-4(12)8-6-5(7-3)9-11-10-6/h2H,1H3,(H,7,9)(H,8,10,12). The molecule has 2 heterocycles. The summed E-state index contributed by atoms with van der Waals surface area (Å²) in [6.45, 7) is 1.84. The van der Waals surface area contributed by atoms with Crippen molar-refractivity contribution >= 4 is 23.9 Å². The van der Waals surface area contributed by atoms with Gasteiger partial charge in [0.05, 0.1) is 0 Å². The smallest absolute Gasteiger partial charge is 0.198 e. The molecular formula is C6H6N4OS. The maximum Gasteiger partial charge on any atom is 0.198 e. The average Bonchev–Trinajstić information content (AvgIpc) is 2.31. The van der Waals surface area contributed by atoms with Crippen LogP contribution < -0.4 is 11.0 Å². The van der Waals surface area contributed by atoms with Gasteiger partial charge in [-0.25, -0.2) is 20.9 Å². The number of hydrogen-bond acceptors (Lipinski definition) is 6. The van der Waals surface area contributed by atoms with Crippen molar-refractivity contribution in [2.24, 2.45) is 0 Å². The number of nitrogens with one attached hydrogen (secondary N) is 2. The molecule has 0 radical (unpaired) electrons. The van der Waals surface area contributed by atoms with E-state index in [2.05, 4.69) is 20.9 Å². The van der Waals surface area contributed by atoms with E-state index in [1.165, 1.54) is 0 Å². The lowest BCUT2D eigenvalue weighted by atomic mass is 10.5. The van der Waals surface area contributed by atoms with Gasteiger partial charge in [-0.05, 0) is 13.0 Å². The normalized spacial score (nSPS) is 13.1. The third-order valence-corrected chi connectivity index (χ3v) is 1.57. The van der Waals surface area contributed by atoms with Crippen molar-refractivity contribution in [3.05, 3.63) is 16.4 Å². The van der Waals surface area contributed by atoms with Gasteiger partial charge in [-0.15, -0.1) is 0 Å². The lowest BCUT2D eigenvalue weighted by molar-refractivity contribution is 0.280. The minimum atomic E-state index is 0.487. The molecule has 1 aromatic heterocycles. The molecule has 0 aliphatic carbocycles. The van der Waals surface area contributed by atoms with Crippen LogP contribution in [0, 0.1) is 11.6 Å². The van der Waals surface area contributed by atoms with Crippen LogP contribution >= 0.6 is 12.2 Å². The van der Waals surface area contributed by atoms with Crippen LogP contribution in [0.1, 0.15) is 5.69 Å². The van der Waals surface area contributed by atoms with E-state index < -0.39 is 0 Å². The summed E-state index contributed by atoms with van der Waals surface area (Å²) in [6.07, 6.45) is 0. The van der Waals surface area contributed by atoms with Crippen molar-refractivity contribution in [1.82, 2.24) is 9.97 Å². The van der Waals surface area contributed by atoms with Gasteiger partial charge in [-0.1, -0.05) is 12.2 Å². The van der Waals surface area contributed by atoms with E-state index in [0.29, 0.717) is 16.3 Å². The second-order valence-corrected chi connectivity index (χ2v) is 2.77. The number of aromatic nitrogens is 2. The van der Waals surface area contributed by atoms with Crippen LogP contribution in [0.4, 0.5) is 11.6 Å². The number of anilines is 2. The first-order valence-electron chi connectivity index (χ1n) is 3.33. The SMILES string of the molecule is Cc1cc(=S)nc2c(n1)NON2. The molecule has 2 rings (SSSR count). The summed E-state index contributed by atoms with van der Waals surface area (Å²) in [5.41, 5.74) is 5.89. The summed E-state index contributed by atoms with van der Waals surface area (Å²) < 4.78 is 0.487. The summed E-state index contributed by atoms with van der Waals surface area (Å²) in [7, 11) is 0. The maximum atomic E-state index is 4.93. The first-order chi connectivity index (χ1) is 5.75. The Morgan fingerprint density at radius 2 is 2.00 bits per heavy atom. The molecule has 0 aromatic carbocycles. The Balaban J connectivity index is 2.72. The van der Waals surface area contributed by atoms with Gasteiger partial charge in [0.25, 0.3) is 0 Å². The molecule has 0 amide bonds. The number of aryl methyl sites for hydroxylation is 1. The van der Waals surface area contributed by atoms with Crippen LogP contribution in [0.5, 0.6) is 0 Å². The van der Waals surface area contributed by atoms with Crippen molar-refractivity contribution in [3.63, 3.8) is 0 Å². The molecule has 0 unspecified atom stereocenters. The quantitative estimate of drug-likeness (QED) is 0.588. The van der Waals surface area contributed by atoms with E-state index in [1.54, 1.807) is 6.07 Å². The highest BCUT2D eigenvalue weighted by Crippen LogP contribution is 2.19. The molecule has 1 aliphatic rings. The molecule has 5 nitrogen and oxygen atoms in total. The highest BCUT2D eigenvalue weighted by molar-refractivity contribution is 7.71. The fourth-order valence-corrected chi connectivity index (χ4v) is 1.16. The summed E-state index contributed by atoms with van der Waals surface area (Å²) in [4.78, 5) is 12.9. The van der Waals surface area contributed by atoms with Gasteiger partial charge in [0.15, 0.2) is 11.6 Å². The van der Waals surface area contributed by atoms with E-state index in [1.807, 2.05) is 6.92 Å². The van der Waals surface area contributed by atoms with Crippen molar-refractivity contribution in [2.45, 2.75) is 6.92 Å². The topological polar surface area (TPSA) is 59.1 Å². The number of rotatable bonds is 0. The molecule has 6 heteroatoms. The van der Waals surface area contributed by atoms with Gasteiger partial charge < -0.3 is 0 Å². The Morgan fingerprint density at radius 1 is 1.33 bits per heavy atom. The third-order valence-electron chi connectivity index (χ3n) is 1.36. The highest BCUT2D eigenvalue weighted by Gasteiger charge is 2.11. The Hall–Kier alpha value is -1.27. The van der Waals surface area contributed by atoms with Gasteiger partial charge in [-0.3, -0.25) is 0 Å². The van der Waals surface area contributed by atoms with Crippen LogP contribution in [0.15, 0.2) is 6.07 Å². The van der Waals surface area contributed by atoms with Crippen molar-refractivity contribution < 1.29 is 4.94 Å². The molecule has 0 spiro atoms. The van der Waals surface area contributed by atoms with Crippen LogP contribution in [0.3, 0.4) is 0 Å². The van der Waals surface area contributed by atoms with Crippen molar-refractivity contribution in [2.75, 3.05) is 11.0 Å². The molecular weight excluding hydrogens is 176 g/mol. The Morgan fingerprint density at radius 3 is 2.75 bits per heavy atom. The Kier molecular flexibility index (Phi) is 1.63. The lowest BCUT2D eigenvalue weighted by Gasteiger charge is -1.87. The second-order valence-electron chi connectivity index (χ2n) is 2.35. The van der Waals surface area contributed by atoms with Gasteiger partial charge in [0.1, 0.15) is 4.64 Å². The second kappa shape index (κ2) is 2.65. The number of fused-ring (bicyclic) bond motifs is 1. The number of nitrogens with zero attached hydrogens (tertiary/aromatic N) is 2. The van der Waals surface area contributed by atoms with Crippen LogP contribution in [0.2, 0.25) is 0 Å². The van der Waals surface area contributed by atoms with Crippen molar-refractivity contribution in [1.29, 1.82) is 0 Å². The summed E-state index contributed by atoms with van der Waals surface area (Å²) >= 11 is 4.93. The largest absolute Gasteiger partial charge is 0.231 e. The molecule has 2 N–H and O–H groups in total. The van der Waals surface area contributed by atoms with E-state index in [9.17, 15) is 0 Å². The molecule has 12 heavy (non-hydrogen) atoms. The highest BCUT2D eigenvalue weighted by atomic mass is 32.1. The number of hydrogen-bond donors (Lipinski definition) is 2. The third kappa shape index (κ3) is 1.21. The minimum absolute atomic E-state index is 0.487. The predicted octanol–water partition coefficient (Wildman–Crippen LogP) is 1.20. The summed E-state index contributed by atoms with van der Waals surface area (Å²) in [5.74, 6) is 1.08. The van der Waals surface area contributed by atoms with E-state index in [-0.39, 0.29) is 0 Å². The predicted molar refractivity (Wildman–Crippen MR) is 45.9 cm³/mol. The summed E-state index contributed by atoms with van der Waals surface area (Å²) in [6, 6.07) is 1.72. The molecule has 0 atom stereocenters. The first-order valence-corrected chi connectivity index (χ1v) is 3.74. The zero-order valence-electron chi connectivity index (χ0n) is 6.29. The van der Waals surface area contributed by atoms with Crippen LogP contribution in [-0.4, -0.2) is 9.97 Å². The Bertz CT molecular complexity index is 381. The molecule has 62 valence electrons. The molecule has 0 saturated carbocycles. The van der Waals surface area contributed by atoms with Crippen molar-refractivity contribution in [3.8, 4) is 0 Å². The Labute approximate surface area is 73.7 Å². The van der Waals surface area contributed by atoms with Gasteiger partial charge in [-0.2, -0.15) is 4.94 Å². The zero-order chi connectivity index (χ0) is 8.55. The fraction of sp³-hybridized carbons (Fsp3) is 0.167. The first kappa shape index (κ1) is 7.38. The lowest BCUT2D eigenvalue weighted by Crippen LogP contribution is -1.96. The van der Waals surface area contributed by atoms with Gasteiger partial charge in [0, 0.05) is 5.69 Å². The van der Waals surface area contributed by atoms with Crippen LogP contribution in [0.25, 0.3) is 0 Å². The van der Waals surface area contributed by atoms with Gasteiger partial charge in [0.2, 0.25) is 0 Å². The van der Waals surface area contributed by atoms with Gasteiger partial charge >= 0.3 is 0 Å². The minimum Gasteiger partial charge on any atom is -0.231 e. The fourth-order valence-electron chi connectivity index (χ4n) is 0.900. The van der Waals surface area contributed by atoms with E-state index >= 15 is 0 Å². The van der Waals surface area contributed by atoms with E-state index in [0.717, 1.165) is 5.69 Å². The molecule has 0 fully saturated rings. The molecule has 0 bridgehead atoms. The monoisotopic (exact) mass is 182 g/mol. The van der Waals surface area contributed by atoms with Crippen LogP contribution in [-0.2, 0) is 4.94 Å². The zero-order valence-corrected chi connectivity index (χ0v) is 7.10. The molecule has 1 aliphatic heterocycles. The average molecular weight is 182 g/mol.